The number of hydrogen-bond acceptors (Lipinski definition) is 4. The van der Waals surface area contributed by atoms with Crippen LogP contribution in [0.3, 0.4) is 0 Å². The van der Waals surface area contributed by atoms with E-state index in [1.54, 1.807) is 6.21 Å². The molecule has 0 aromatic rings. The molecule has 6 heteroatoms. The Balaban J connectivity index is 2.04. The fraction of sp³-hybridized carbons (Fsp3) is 0.750. The fourth-order valence-corrected chi connectivity index (χ4v) is 2.00. The number of halogens is 1. The first-order valence-corrected chi connectivity index (χ1v) is 5.14. The minimum Gasteiger partial charge on any atom is -0.314 e. The summed E-state index contributed by atoms with van der Waals surface area (Å²) in [4.78, 5) is 13.4. The van der Waals surface area contributed by atoms with Gasteiger partial charge in [0, 0.05) is 32.4 Å². The second kappa shape index (κ2) is 4.25. The van der Waals surface area contributed by atoms with Gasteiger partial charge in [-0.25, -0.2) is 5.43 Å². The van der Waals surface area contributed by atoms with Crippen molar-refractivity contribution in [3.63, 3.8) is 0 Å². The van der Waals surface area contributed by atoms with Crippen molar-refractivity contribution in [3.05, 3.63) is 0 Å². The number of hydrazone groups is 1. The van der Waals surface area contributed by atoms with Crippen molar-refractivity contribution in [1.82, 2.24) is 15.6 Å². The zero-order valence-electron chi connectivity index (χ0n) is 7.74. The molecule has 0 spiro atoms. The van der Waals surface area contributed by atoms with Gasteiger partial charge in [-0.1, -0.05) is 0 Å². The molecule has 0 aliphatic carbocycles. The molecule has 2 N–H and O–H groups in total. The highest BCUT2D eigenvalue weighted by molar-refractivity contribution is 6.32. The Morgan fingerprint density at radius 2 is 2.21 bits per heavy atom. The fourth-order valence-electron chi connectivity index (χ4n) is 1.73. The minimum absolute atomic E-state index is 0.0625. The topological polar surface area (TPSA) is 56.7 Å². The van der Waals surface area contributed by atoms with Crippen molar-refractivity contribution < 1.29 is 4.79 Å². The predicted molar refractivity (Wildman–Crippen MR) is 54.5 cm³/mol. The van der Waals surface area contributed by atoms with Gasteiger partial charge in [0.2, 0.25) is 0 Å². The molecule has 2 rings (SSSR count). The molecule has 0 bridgehead atoms. The van der Waals surface area contributed by atoms with E-state index in [0.29, 0.717) is 0 Å². The molecular formula is C8H13ClN4O. The molecule has 0 radical (unpaired) electrons. The van der Waals surface area contributed by atoms with Crippen LogP contribution in [0.2, 0.25) is 0 Å². The molecule has 2 atom stereocenters. The van der Waals surface area contributed by atoms with E-state index in [1.165, 1.54) is 0 Å². The largest absolute Gasteiger partial charge is 0.314 e. The van der Waals surface area contributed by atoms with Crippen LogP contribution in [0.25, 0.3) is 0 Å². The van der Waals surface area contributed by atoms with Gasteiger partial charge in [0.25, 0.3) is 5.91 Å². The third kappa shape index (κ3) is 1.89. The Labute approximate surface area is 87.5 Å². The molecule has 0 saturated carbocycles. The Morgan fingerprint density at radius 1 is 1.50 bits per heavy atom. The number of nitrogens with zero attached hydrogens (tertiary/aromatic N) is 2. The van der Waals surface area contributed by atoms with Gasteiger partial charge in [-0.2, -0.15) is 5.10 Å². The molecule has 0 aromatic carbocycles. The summed E-state index contributed by atoms with van der Waals surface area (Å²) in [6, 6.07) is -0.0625. The van der Waals surface area contributed by atoms with Crippen LogP contribution in [0.1, 0.15) is 0 Å². The Hall–Kier alpha value is -0.650. The lowest BCUT2D eigenvalue weighted by atomic mass is 10.1. The second-order valence-corrected chi connectivity index (χ2v) is 3.90. The van der Waals surface area contributed by atoms with Crippen molar-refractivity contribution in [1.29, 1.82) is 0 Å². The molecule has 2 aliphatic rings. The number of carbonyl (C=O) groups excluding carboxylic acids is 1. The van der Waals surface area contributed by atoms with Crippen molar-refractivity contribution in [2.45, 2.75) is 11.4 Å². The average Bonchev–Trinajstić information content (AvgIpc) is 2.23. The zero-order chi connectivity index (χ0) is 9.97. The molecule has 2 aliphatic heterocycles. The van der Waals surface area contributed by atoms with E-state index in [9.17, 15) is 4.79 Å². The lowest BCUT2D eigenvalue weighted by Crippen LogP contribution is -2.56. The third-order valence-corrected chi connectivity index (χ3v) is 2.98. The number of hydrogen-bond donors (Lipinski definition) is 2. The van der Waals surface area contributed by atoms with E-state index in [1.807, 2.05) is 0 Å². The second-order valence-electron chi connectivity index (χ2n) is 3.43. The third-order valence-electron chi connectivity index (χ3n) is 2.53. The summed E-state index contributed by atoms with van der Waals surface area (Å²) in [5, 5.41) is 6.52. The summed E-state index contributed by atoms with van der Waals surface area (Å²) in [5.74, 6) is -0.210. The summed E-state index contributed by atoms with van der Waals surface area (Å²) in [7, 11) is 0. The normalized spacial score (nSPS) is 34.2. The van der Waals surface area contributed by atoms with Gasteiger partial charge in [-0.15, -0.1) is 11.6 Å². The first-order chi connectivity index (χ1) is 6.79. The van der Waals surface area contributed by atoms with E-state index in [0.717, 1.165) is 26.2 Å². The predicted octanol–water partition coefficient (Wildman–Crippen LogP) is -1.02. The van der Waals surface area contributed by atoms with Gasteiger partial charge in [0.05, 0.1) is 6.04 Å². The smallest absolute Gasteiger partial charge is 0.260 e. The van der Waals surface area contributed by atoms with Crippen LogP contribution in [0.4, 0.5) is 0 Å². The van der Waals surface area contributed by atoms with Crippen molar-refractivity contribution in [2.75, 3.05) is 26.2 Å². The quantitative estimate of drug-likeness (QED) is 0.552. The standard InChI is InChI=1S/C8H13ClN4O/c9-7-6(5-11-12-8(7)14)13-3-1-10-2-4-13/h5-7,10H,1-4H2,(H,12,14)/t6-,7+/m0/s1. The average molecular weight is 217 g/mol. The van der Waals surface area contributed by atoms with Crippen molar-refractivity contribution in [3.8, 4) is 0 Å². The molecule has 2 heterocycles. The number of carbonyl (C=O) groups is 1. The maximum atomic E-state index is 11.2. The number of rotatable bonds is 1. The highest BCUT2D eigenvalue weighted by Crippen LogP contribution is 2.13. The summed E-state index contributed by atoms with van der Waals surface area (Å²) < 4.78 is 0. The van der Waals surface area contributed by atoms with E-state index in [4.69, 9.17) is 11.6 Å². The monoisotopic (exact) mass is 216 g/mol. The number of nitrogens with one attached hydrogen (secondary N) is 2. The Morgan fingerprint density at radius 3 is 2.93 bits per heavy atom. The van der Waals surface area contributed by atoms with Gasteiger partial charge < -0.3 is 5.32 Å². The van der Waals surface area contributed by atoms with E-state index >= 15 is 0 Å². The van der Waals surface area contributed by atoms with Crippen LogP contribution in [-0.4, -0.2) is 54.6 Å². The van der Waals surface area contributed by atoms with Gasteiger partial charge >= 0.3 is 0 Å². The van der Waals surface area contributed by atoms with Crippen LogP contribution in [0.15, 0.2) is 5.10 Å². The van der Waals surface area contributed by atoms with Crippen LogP contribution in [-0.2, 0) is 4.79 Å². The molecule has 1 amide bonds. The lowest BCUT2D eigenvalue weighted by molar-refractivity contribution is -0.121. The van der Waals surface area contributed by atoms with Gasteiger partial charge in [0.1, 0.15) is 5.38 Å². The Bertz CT molecular complexity index is 252. The van der Waals surface area contributed by atoms with Gasteiger partial charge in [-0.05, 0) is 0 Å². The highest BCUT2D eigenvalue weighted by Gasteiger charge is 2.33. The maximum absolute atomic E-state index is 11.2. The lowest BCUT2D eigenvalue weighted by Gasteiger charge is -2.35. The first kappa shape index (κ1) is 9.89. The molecule has 78 valence electrons. The van der Waals surface area contributed by atoms with Crippen LogP contribution in [0.5, 0.6) is 0 Å². The number of amides is 1. The molecule has 0 aromatic heterocycles. The molecule has 1 fully saturated rings. The number of piperazine rings is 1. The van der Waals surface area contributed by atoms with E-state index < -0.39 is 5.38 Å². The maximum Gasteiger partial charge on any atom is 0.260 e. The van der Waals surface area contributed by atoms with Crippen molar-refractivity contribution >= 4 is 23.7 Å². The van der Waals surface area contributed by atoms with Gasteiger partial charge in [0.15, 0.2) is 0 Å². The SMILES string of the molecule is O=C1NN=C[C@H](N2CCNCC2)[C@H]1Cl. The molecule has 14 heavy (non-hydrogen) atoms. The summed E-state index contributed by atoms with van der Waals surface area (Å²) in [6.07, 6.45) is 1.71. The summed E-state index contributed by atoms with van der Waals surface area (Å²) >= 11 is 6.00. The molecule has 1 saturated heterocycles. The van der Waals surface area contributed by atoms with Crippen LogP contribution >= 0.6 is 11.6 Å². The van der Waals surface area contributed by atoms with Crippen LogP contribution < -0.4 is 10.7 Å². The van der Waals surface area contributed by atoms with Crippen molar-refractivity contribution in [2.24, 2.45) is 5.10 Å². The first-order valence-electron chi connectivity index (χ1n) is 4.71. The summed E-state index contributed by atoms with van der Waals surface area (Å²) in [6.45, 7) is 3.70. The minimum atomic E-state index is -0.523. The van der Waals surface area contributed by atoms with E-state index in [-0.39, 0.29) is 11.9 Å². The summed E-state index contributed by atoms with van der Waals surface area (Å²) in [5.41, 5.74) is 2.36. The molecular weight excluding hydrogens is 204 g/mol. The molecule has 0 unspecified atom stereocenters. The highest BCUT2D eigenvalue weighted by atomic mass is 35.5. The van der Waals surface area contributed by atoms with E-state index in [2.05, 4.69) is 20.7 Å². The Kier molecular flexibility index (Phi) is 3.00. The number of alkyl halides is 1. The van der Waals surface area contributed by atoms with Gasteiger partial charge in [-0.3, -0.25) is 9.69 Å². The molecule has 5 nitrogen and oxygen atoms in total. The van der Waals surface area contributed by atoms with Crippen LogP contribution in [0, 0.1) is 0 Å². The zero-order valence-corrected chi connectivity index (χ0v) is 8.50.